The van der Waals surface area contributed by atoms with Crippen molar-refractivity contribution in [1.29, 1.82) is 0 Å². The number of anilines is 1. The molecule has 0 atom stereocenters. The lowest BCUT2D eigenvalue weighted by atomic mass is 10.1. The van der Waals surface area contributed by atoms with Crippen LogP contribution in [0.3, 0.4) is 0 Å². The monoisotopic (exact) mass is 345 g/mol. The first-order valence-electron chi connectivity index (χ1n) is 8.02. The number of carbonyl (C=O) groups is 1. The highest BCUT2D eigenvalue weighted by Crippen LogP contribution is 2.20. The number of non-ortho nitro benzene ring substituents is 1. The van der Waals surface area contributed by atoms with E-state index in [1.165, 1.54) is 30.3 Å². The van der Waals surface area contributed by atoms with Crippen molar-refractivity contribution in [1.82, 2.24) is 5.32 Å². The molecule has 25 heavy (non-hydrogen) atoms. The maximum atomic E-state index is 14.2. The number of nitrogens with zero attached hydrogens (tertiary/aromatic N) is 2. The van der Waals surface area contributed by atoms with Crippen molar-refractivity contribution in [3.05, 3.63) is 69.5 Å². The number of hydrogen-bond donors (Lipinski definition) is 1. The molecule has 0 aliphatic heterocycles. The molecule has 0 saturated heterocycles. The van der Waals surface area contributed by atoms with Crippen LogP contribution in [-0.4, -0.2) is 23.9 Å². The van der Waals surface area contributed by atoms with E-state index in [-0.39, 0.29) is 24.0 Å². The van der Waals surface area contributed by atoms with Gasteiger partial charge in [-0.1, -0.05) is 6.07 Å². The summed E-state index contributed by atoms with van der Waals surface area (Å²) in [4.78, 5) is 24.1. The Kier molecular flexibility index (Phi) is 6.05. The molecule has 0 bridgehead atoms. The van der Waals surface area contributed by atoms with E-state index in [2.05, 4.69) is 5.32 Å². The molecule has 0 aromatic heterocycles. The van der Waals surface area contributed by atoms with Gasteiger partial charge in [0.15, 0.2) is 0 Å². The van der Waals surface area contributed by atoms with Crippen LogP contribution in [0.1, 0.15) is 29.8 Å². The summed E-state index contributed by atoms with van der Waals surface area (Å²) < 4.78 is 14.2. The second-order valence-electron chi connectivity index (χ2n) is 5.44. The Morgan fingerprint density at radius 3 is 2.32 bits per heavy atom. The first-order chi connectivity index (χ1) is 12.0. The predicted molar refractivity (Wildman–Crippen MR) is 94.2 cm³/mol. The summed E-state index contributed by atoms with van der Waals surface area (Å²) in [5.74, 6) is -0.700. The Hall–Kier alpha value is -2.96. The van der Waals surface area contributed by atoms with Gasteiger partial charge < -0.3 is 10.2 Å². The van der Waals surface area contributed by atoms with Crippen LogP contribution in [0.4, 0.5) is 15.8 Å². The number of benzene rings is 2. The van der Waals surface area contributed by atoms with Crippen LogP contribution in [0.5, 0.6) is 0 Å². The number of amides is 1. The van der Waals surface area contributed by atoms with Crippen LogP contribution in [0.25, 0.3) is 0 Å². The molecular weight excluding hydrogens is 325 g/mol. The van der Waals surface area contributed by atoms with Crippen molar-refractivity contribution < 1.29 is 14.1 Å². The van der Waals surface area contributed by atoms with Crippen LogP contribution in [-0.2, 0) is 6.54 Å². The van der Waals surface area contributed by atoms with Crippen LogP contribution >= 0.6 is 0 Å². The maximum Gasteiger partial charge on any atom is 0.269 e. The van der Waals surface area contributed by atoms with E-state index < -0.39 is 4.92 Å². The molecule has 0 aliphatic rings. The van der Waals surface area contributed by atoms with Crippen molar-refractivity contribution in [3.63, 3.8) is 0 Å². The Morgan fingerprint density at radius 1 is 1.16 bits per heavy atom. The average molecular weight is 345 g/mol. The van der Waals surface area contributed by atoms with Gasteiger partial charge in [-0.25, -0.2) is 4.39 Å². The molecule has 7 heteroatoms. The van der Waals surface area contributed by atoms with E-state index in [0.29, 0.717) is 29.9 Å². The van der Waals surface area contributed by atoms with Crippen molar-refractivity contribution in [2.24, 2.45) is 0 Å². The minimum Gasteiger partial charge on any atom is -0.370 e. The standard InChI is InChI=1S/C18H20FN3O3/c1-3-21(4-2)17-10-5-13(11-16(17)19)12-20-18(23)14-6-8-15(9-7-14)22(24)25/h5-11H,3-4,12H2,1-2H3,(H,20,23). The fraction of sp³-hybridized carbons (Fsp3) is 0.278. The van der Waals surface area contributed by atoms with Crippen LogP contribution in [0.2, 0.25) is 0 Å². The number of nitrogens with one attached hydrogen (secondary N) is 1. The fourth-order valence-electron chi connectivity index (χ4n) is 2.50. The van der Waals surface area contributed by atoms with Gasteiger partial charge in [0, 0.05) is 37.3 Å². The second-order valence-corrected chi connectivity index (χ2v) is 5.44. The van der Waals surface area contributed by atoms with E-state index in [4.69, 9.17) is 0 Å². The van der Waals surface area contributed by atoms with Crippen LogP contribution in [0.15, 0.2) is 42.5 Å². The number of rotatable bonds is 7. The van der Waals surface area contributed by atoms with Gasteiger partial charge in [0.05, 0.1) is 10.6 Å². The third kappa shape index (κ3) is 4.53. The van der Waals surface area contributed by atoms with E-state index in [1.54, 1.807) is 12.1 Å². The molecule has 0 fully saturated rings. The molecule has 2 rings (SSSR count). The van der Waals surface area contributed by atoms with Crippen molar-refractivity contribution in [3.8, 4) is 0 Å². The Labute approximate surface area is 145 Å². The van der Waals surface area contributed by atoms with E-state index in [9.17, 15) is 19.3 Å². The molecule has 1 N–H and O–H groups in total. The zero-order chi connectivity index (χ0) is 18.4. The third-order valence-corrected chi connectivity index (χ3v) is 3.91. The van der Waals surface area contributed by atoms with E-state index in [0.717, 1.165) is 0 Å². The zero-order valence-electron chi connectivity index (χ0n) is 14.2. The lowest BCUT2D eigenvalue weighted by molar-refractivity contribution is -0.384. The molecule has 0 heterocycles. The van der Waals surface area contributed by atoms with Crippen molar-refractivity contribution in [2.75, 3.05) is 18.0 Å². The SMILES string of the molecule is CCN(CC)c1ccc(CNC(=O)c2ccc([N+](=O)[O-])cc2)cc1F. The van der Waals surface area contributed by atoms with Gasteiger partial charge in [-0.15, -0.1) is 0 Å². The number of carbonyl (C=O) groups excluding carboxylic acids is 1. The lowest BCUT2D eigenvalue weighted by Crippen LogP contribution is -2.24. The zero-order valence-corrected chi connectivity index (χ0v) is 14.2. The average Bonchev–Trinajstić information content (AvgIpc) is 2.62. The molecule has 0 aliphatic carbocycles. The van der Waals surface area contributed by atoms with Gasteiger partial charge in [-0.05, 0) is 43.7 Å². The largest absolute Gasteiger partial charge is 0.370 e. The number of halogens is 1. The molecule has 0 unspecified atom stereocenters. The first-order valence-corrected chi connectivity index (χ1v) is 8.02. The summed E-state index contributed by atoms with van der Waals surface area (Å²) in [6.45, 7) is 5.51. The number of nitro benzene ring substituents is 1. The maximum absolute atomic E-state index is 14.2. The quantitative estimate of drug-likeness (QED) is 0.615. The molecule has 0 saturated carbocycles. The second kappa shape index (κ2) is 8.23. The number of nitro groups is 1. The summed E-state index contributed by atoms with van der Waals surface area (Å²) in [7, 11) is 0. The smallest absolute Gasteiger partial charge is 0.269 e. The van der Waals surface area contributed by atoms with Gasteiger partial charge in [0.2, 0.25) is 0 Å². The highest BCUT2D eigenvalue weighted by atomic mass is 19.1. The lowest BCUT2D eigenvalue weighted by Gasteiger charge is -2.22. The molecule has 0 spiro atoms. The first kappa shape index (κ1) is 18.4. The summed E-state index contributed by atoms with van der Waals surface area (Å²) in [5, 5.41) is 13.3. The molecular formula is C18H20FN3O3. The Morgan fingerprint density at radius 2 is 1.80 bits per heavy atom. The highest BCUT2D eigenvalue weighted by Gasteiger charge is 2.11. The molecule has 1 amide bonds. The van der Waals surface area contributed by atoms with Gasteiger partial charge in [0.25, 0.3) is 11.6 Å². The molecule has 0 radical (unpaired) electrons. The highest BCUT2D eigenvalue weighted by molar-refractivity contribution is 5.94. The summed E-state index contributed by atoms with van der Waals surface area (Å²) in [6.07, 6.45) is 0. The summed E-state index contributed by atoms with van der Waals surface area (Å²) in [5.41, 5.74) is 1.41. The minimum atomic E-state index is -0.526. The van der Waals surface area contributed by atoms with Crippen LogP contribution in [0, 0.1) is 15.9 Å². The number of hydrogen-bond acceptors (Lipinski definition) is 4. The molecule has 2 aromatic rings. The molecule has 132 valence electrons. The Balaban J connectivity index is 2.02. The normalized spacial score (nSPS) is 10.4. The van der Waals surface area contributed by atoms with Gasteiger partial charge in [0.1, 0.15) is 5.82 Å². The predicted octanol–water partition coefficient (Wildman–Crippen LogP) is 3.51. The van der Waals surface area contributed by atoms with Crippen LogP contribution < -0.4 is 10.2 Å². The topological polar surface area (TPSA) is 75.5 Å². The van der Waals surface area contributed by atoms with Crippen molar-refractivity contribution >= 4 is 17.3 Å². The minimum absolute atomic E-state index is 0.0781. The van der Waals surface area contributed by atoms with Crippen molar-refractivity contribution in [2.45, 2.75) is 20.4 Å². The van der Waals surface area contributed by atoms with E-state index >= 15 is 0 Å². The molecule has 6 nitrogen and oxygen atoms in total. The van der Waals surface area contributed by atoms with Gasteiger partial charge >= 0.3 is 0 Å². The fourth-order valence-corrected chi connectivity index (χ4v) is 2.50. The van der Waals surface area contributed by atoms with E-state index in [1.807, 2.05) is 18.7 Å². The van der Waals surface area contributed by atoms with Gasteiger partial charge in [-0.3, -0.25) is 14.9 Å². The summed E-state index contributed by atoms with van der Waals surface area (Å²) >= 11 is 0. The summed E-state index contributed by atoms with van der Waals surface area (Å²) in [6, 6.07) is 10.2. The van der Waals surface area contributed by atoms with Gasteiger partial charge in [-0.2, -0.15) is 0 Å². The molecule has 2 aromatic carbocycles. The third-order valence-electron chi connectivity index (χ3n) is 3.91. The Bertz CT molecular complexity index is 759.